The molecular formula is C25H20BrF4N7O4S. The summed E-state index contributed by atoms with van der Waals surface area (Å²) in [7, 11) is 0. The van der Waals surface area contributed by atoms with Gasteiger partial charge in [0.15, 0.2) is 5.82 Å². The van der Waals surface area contributed by atoms with Crippen molar-refractivity contribution in [2.24, 2.45) is 0 Å². The third-order valence-electron chi connectivity index (χ3n) is 6.80. The topological polar surface area (TPSA) is 133 Å². The maximum absolute atomic E-state index is 14.2. The SMILES string of the molecule is OC[C@H]1O[C@@H](c2nncn2-c2ccc3ncsc3c2)[C@H](OCC(F)F)[C@@H](n2cc(-c3cc(F)c(Br)c(F)c3)nn2)[C@H]1O. The van der Waals surface area contributed by atoms with Gasteiger partial charge in [-0.05, 0) is 46.3 Å². The van der Waals surface area contributed by atoms with E-state index in [0.717, 1.165) is 27.0 Å². The van der Waals surface area contributed by atoms with Crippen LogP contribution in [-0.2, 0) is 9.47 Å². The molecule has 0 amide bonds. The van der Waals surface area contributed by atoms with Crippen LogP contribution in [0.4, 0.5) is 17.6 Å². The zero-order valence-electron chi connectivity index (χ0n) is 21.1. The molecule has 220 valence electrons. The molecule has 5 atom stereocenters. The number of aliphatic hydroxyl groups excluding tert-OH is 2. The molecule has 0 saturated carbocycles. The molecule has 0 spiro atoms. The van der Waals surface area contributed by atoms with E-state index in [1.165, 1.54) is 23.9 Å². The van der Waals surface area contributed by atoms with Crippen molar-refractivity contribution in [2.45, 2.75) is 36.9 Å². The quantitative estimate of drug-likeness (QED) is 0.187. The highest BCUT2D eigenvalue weighted by Crippen LogP contribution is 2.41. The van der Waals surface area contributed by atoms with Crippen LogP contribution in [0, 0.1) is 11.6 Å². The number of thiazole rings is 1. The second kappa shape index (κ2) is 11.7. The lowest BCUT2D eigenvalue weighted by Crippen LogP contribution is -2.54. The molecule has 6 rings (SSSR count). The van der Waals surface area contributed by atoms with Gasteiger partial charge in [-0.1, -0.05) is 5.21 Å². The minimum atomic E-state index is -2.87. The molecule has 0 radical (unpaired) electrons. The minimum absolute atomic E-state index is 0.0322. The van der Waals surface area contributed by atoms with Crippen molar-refractivity contribution in [3.05, 3.63) is 70.3 Å². The van der Waals surface area contributed by atoms with E-state index < -0.39 is 61.7 Å². The zero-order valence-corrected chi connectivity index (χ0v) is 23.5. The molecule has 42 heavy (non-hydrogen) atoms. The number of fused-ring (bicyclic) bond motifs is 1. The molecule has 3 aromatic heterocycles. The number of aromatic nitrogens is 7. The number of alkyl halides is 2. The Morgan fingerprint density at radius 3 is 2.67 bits per heavy atom. The van der Waals surface area contributed by atoms with E-state index in [2.05, 4.69) is 41.4 Å². The van der Waals surface area contributed by atoms with Crippen LogP contribution in [0.1, 0.15) is 18.0 Å². The van der Waals surface area contributed by atoms with Crippen molar-refractivity contribution >= 4 is 37.5 Å². The van der Waals surface area contributed by atoms with Crippen LogP contribution >= 0.6 is 27.3 Å². The van der Waals surface area contributed by atoms with Crippen LogP contribution in [0.25, 0.3) is 27.2 Å². The lowest BCUT2D eigenvalue weighted by molar-refractivity contribution is -0.229. The van der Waals surface area contributed by atoms with Crippen molar-refractivity contribution in [2.75, 3.05) is 13.2 Å². The van der Waals surface area contributed by atoms with Crippen molar-refractivity contribution < 1.29 is 37.2 Å². The Morgan fingerprint density at radius 1 is 1.14 bits per heavy atom. The highest BCUT2D eigenvalue weighted by Gasteiger charge is 2.50. The molecule has 0 bridgehead atoms. The molecular weight excluding hydrogens is 650 g/mol. The molecule has 0 aliphatic carbocycles. The van der Waals surface area contributed by atoms with Gasteiger partial charge in [-0.25, -0.2) is 27.2 Å². The van der Waals surface area contributed by atoms with Crippen molar-refractivity contribution in [1.29, 1.82) is 0 Å². The number of aliphatic hydroxyl groups is 2. The number of rotatable bonds is 8. The maximum Gasteiger partial charge on any atom is 0.261 e. The van der Waals surface area contributed by atoms with Crippen LogP contribution in [0.3, 0.4) is 0 Å². The lowest BCUT2D eigenvalue weighted by Gasteiger charge is -2.43. The molecule has 1 saturated heterocycles. The van der Waals surface area contributed by atoms with E-state index in [1.807, 2.05) is 6.07 Å². The standard InChI is InChI=1S/C25H20BrF4N7O4S/c26-20-13(27)3-11(4-14(20)28)16-6-37(35-33-16)21-22(39)17(7-38)41-24(23(21)40-8-19(29)30)25-34-32-9-36(25)12-1-2-15-18(5-12)42-10-31-15/h1-6,9-10,17,19,21-24,38-39H,7-8H2/t17-,21+,22+,23-,24-/m1/s1. The summed E-state index contributed by atoms with van der Waals surface area (Å²) in [5, 5.41) is 37.4. The van der Waals surface area contributed by atoms with E-state index in [4.69, 9.17) is 9.47 Å². The molecule has 1 aliphatic heterocycles. The summed E-state index contributed by atoms with van der Waals surface area (Å²) in [4.78, 5) is 4.26. The highest BCUT2D eigenvalue weighted by atomic mass is 79.9. The number of ether oxygens (including phenoxy) is 2. The van der Waals surface area contributed by atoms with E-state index in [-0.39, 0.29) is 21.6 Å². The number of nitrogens with zero attached hydrogens (tertiary/aromatic N) is 7. The Labute approximate surface area is 246 Å². The lowest BCUT2D eigenvalue weighted by atomic mass is 9.91. The number of hydrogen-bond donors (Lipinski definition) is 2. The molecule has 1 fully saturated rings. The Kier molecular flexibility index (Phi) is 8.03. The normalized spacial score (nSPS) is 22.8. The third kappa shape index (κ3) is 5.31. The fraction of sp³-hybridized carbons (Fsp3) is 0.320. The van der Waals surface area contributed by atoms with Crippen LogP contribution in [0.15, 0.2) is 52.8 Å². The second-order valence-electron chi connectivity index (χ2n) is 9.35. The van der Waals surface area contributed by atoms with Crippen LogP contribution in [0.2, 0.25) is 0 Å². The van der Waals surface area contributed by atoms with Gasteiger partial charge in [-0.3, -0.25) is 4.57 Å². The molecule has 11 nitrogen and oxygen atoms in total. The Bertz CT molecular complexity index is 1700. The van der Waals surface area contributed by atoms with Gasteiger partial charge in [0.25, 0.3) is 6.43 Å². The first-order valence-corrected chi connectivity index (χ1v) is 14.1. The van der Waals surface area contributed by atoms with Gasteiger partial charge in [0.2, 0.25) is 0 Å². The predicted molar refractivity (Wildman–Crippen MR) is 143 cm³/mol. The minimum Gasteiger partial charge on any atom is -0.394 e. The zero-order chi connectivity index (χ0) is 29.5. The average Bonchev–Trinajstić information content (AvgIpc) is 3.75. The Morgan fingerprint density at radius 2 is 1.93 bits per heavy atom. The van der Waals surface area contributed by atoms with Crippen LogP contribution < -0.4 is 0 Å². The fourth-order valence-corrected chi connectivity index (χ4v) is 5.80. The molecule has 0 unspecified atom stereocenters. The molecule has 2 aromatic carbocycles. The van der Waals surface area contributed by atoms with Gasteiger partial charge in [0.1, 0.15) is 60.7 Å². The summed E-state index contributed by atoms with van der Waals surface area (Å²) in [5.74, 6) is -1.61. The average molecular weight is 670 g/mol. The van der Waals surface area contributed by atoms with Crippen molar-refractivity contribution in [3.63, 3.8) is 0 Å². The third-order valence-corrected chi connectivity index (χ3v) is 8.35. The van der Waals surface area contributed by atoms with E-state index in [9.17, 15) is 27.8 Å². The summed E-state index contributed by atoms with van der Waals surface area (Å²) in [6.07, 6.45) is -5.51. The van der Waals surface area contributed by atoms with Gasteiger partial charge in [0.05, 0.1) is 33.0 Å². The first-order chi connectivity index (χ1) is 20.2. The van der Waals surface area contributed by atoms with Crippen LogP contribution in [-0.4, -0.2) is 82.9 Å². The Balaban J connectivity index is 1.42. The monoisotopic (exact) mass is 669 g/mol. The predicted octanol–water partition coefficient (Wildman–Crippen LogP) is 3.86. The molecule has 4 heterocycles. The van der Waals surface area contributed by atoms with Crippen molar-refractivity contribution in [3.8, 4) is 16.9 Å². The summed E-state index contributed by atoms with van der Waals surface area (Å²) in [6.45, 7) is -1.68. The summed E-state index contributed by atoms with van der Waals surface area (Å²) >= 11 is 4.23. The van der Waals surface area contributed by atoms with Gasteiger partial charge in [-0.2, -0.15) is 0 Å². The van der Waals surface area contributed by atoms with Gasteiger partial charge in [0, 0.05) is 11.3 Å². The Hall–Kier alpha value is -3.35. The summed E-state index contributed by atoms with van der Waals surface area (Å²) in [6, 6.07) is 6.23. The maximum atomic E-state index is 14.2. The smallest absolute Gasteiger partial charge is 0.261 e. The molecule has 17 heteroatoms. The van der Waals surface area contributed by atoms with Gasteiger partial charge in [-0.15, -0.1) is 26.6 Å². The highest BCUT2D eigenvalue weighted by molar-refractivity contribution is 9.10. The molecule has 5 aromatic rings. The van der Waals surface area contributed by atoms with E-state index >= 15 is 0 Å². The number of hydrogen-bond acceptors (Lipinski definition) is 10. The van der Waals surface area contributed by atoms with E-state index in [0.29, 0.717) is 5.69 Å². The fourth-order valence-electron chi connectivity index (χ4n) is 4.86. The number of halogens is 5. The molecule has 2 N–H and O–H groups in total. The largest absolute Gasteiger partial charge is 0.394 e. The second-order valence-corrected chi connectivity index (χ2v) is 11.0. The summed E-state index contributed by atoms with van der Waals surface area (Å²) < 4.78 is 70.1. The molecule has 1 aliphatic rings. The van der Waals surface area contributed by atoms with Crippen molar-refractivity contribution in [1.82, 2.24) is 34.7 Å². The van der Waals surface area contributed by atoms with Gasteiger partial charge >= 0.3 is 0 Å². The van der Waals surface area contributed by atoms with Crippen LogP contribution in [0.5, 0.6) is 0 Å². The van der Waals surface area contributed by atoms with E-state index in [1.54, 1.807) is 22.2 Å². The summed E-state index contributed by atoms with van der Waals surface area (Å²) in [5.41, 5.74) is 3.17. The first kappa shape index (κ1) is 28.8. The number of benzene rings is 2. The first-order valence-electron chi connectivity index (χ1n) is 12.4. The van der Waals surface area contributed by atoms with Gasteiger partial charge < -0.3 is 19.7 Å².